The molecule has 31 heavy (non-hydrogen) atoms. The number of aliphatic imine (C=N–C) groups is 1. The SMILES string of the molecule is Cc1ccc(C2N=C(c3ccc4c(c3)OCO4)CC(c3cc(Br)ccc3O)N2)c(C)c1. The van der Waals surface area contributed by atoms with Crippen LogP contribution in [0, 0.1) is 13.8 Å². The summed E-state index contributed by atoms with van der Waals surface area (Å²) in [5.41, 5.74) is 6.34. The van der Waals surface area contributed by atoms with Crippen LogP contribution in [-0.4, -0.2) is 17.6 Å². The largest absolute Gasteiger partial charge is 0.508 e. The quantitative estimate of drug-likeness (QED) is 0.504. The van der Waals surface area contributed by atoms with Crippen molar-refractivity contribution in [2.24, 2.45) is 4.99 Å². The molecule has 2 aliphatic heterocycles. The number of fused-ring (bicyclic) bond motifs is 1. The highest BCUT2D eigenvalue weighted by molar-refractivity contribution is 9.10. The van der Waals surface area contributed by atoms with E-state index in [1.807, 2.05) is 30.3 Å². The molecule has 0 aromatic heterocycles. The van der Waals surface area contributed by atoms with E-state index in [4.69, 9.17) is 14.5 Å². The number of phenols is 1. The number of halogens is 1. The van der Waals surface area contributed by atoms with Crippen LogP contribution in [0.5, 0.6) is 17.2 Å². The third kappa shape index (κ3) is 3.93. The van der Waals surface area contributed by atoms with Gasteiger partial charge in [0, 0.05) is 28.2 Å². The highest BCUT2D eigenvalue weighted by Crippen LogP contribution is 2.38. The molecule has 0 saturated carbocycles. The van der Waals surface area contributed by atoms with Crippen LogP contribution in [-0.2, 0) is 0 Å². The lowest BCUT2D eigenvalue weighted by molar-refractivity contribution is 0.174. The number of nitrogens with zero attached hydrogens (tertiary/aromatic N) is 1. The molecule has 5 rings (SSSR count). The number of ether oxygens (including phenoxy) is 2. The van der Waals surface area contributed by atoms with Crippen molar-refractivity contribution in [1.29, 1.82) is 0 Å². The average molecular weight is 479 g/mol. The summed E-state index contributed by atoms with van der Waals surface area (Å²) in [6.07, 6.45) is 0.420. The third-order valence-electron chi connectivity index (χ3n) is 5.83. The molecule has 2 unspecified atom stereocenters. The van der Waals surface area contributed by atoms with Crippen molar-refractivity contribution in [3.63, 3.8) is 0 Å². The summed E-state index contributed by atoms with van der Waals surface area (Å²) in [6, 6.07) is 17.8. The van der Waals surface area contributed by atoms with Crippen molar-refractivity contribution in [1.82, 2.24) is 5.32 Å². The van der Waals surface area contributed by atoms with E-state index in [9.17, 15) is 5.11 Å². The van der Waals surface area contributed by atoms with Gasteiger partial charge >= 0.3 is 0 Å². The fraction of sp³-hybridized carbons (Fsp3) is 0.240. The van der Waals surface area contributed by atoms with E-state index in [1.54, 1.807) is 6.07 Å². The second-order valence-corrected chi connectivity index (χ2v) is 8.95. The molecule has 0 amide bonds. The Kier molecular flexibility index (Phi) is 5.20. The monoisotopic (exact) mass is 478 g/mol. The number of phenolic OH excluding ortho intramolecular Hbond substituents is 1. The zero-order valence-electron chi connectivity index (χ0n) is 17.4. The Morgan fingerprint density at radius 2 is 1.81 bits per heavy atom. The average Bonchev–Trinajstić information content (AvgIpc) is 3.23. The van der Waals surface area contributed by atoms with Crippen molar-refractivity contribution in [2.45, 2.75) is 32.5 Å². The van der Waals surface area contributed by atoms with E-state index in [0.717, 1.165) is 38.4 Å². The summed E-state index contributed by atoms with van der Waals surface area (Å²) in [4.78, 5) is 5.08. The molecular weight excluding hydrogens is 456 g/mol. The molecule has 2 heterocycles. The van der Waals surface area contributed by atoms with Gasteiger partial charge in [0.15, 0.2) is 11.5 Å². The standard InChI is InChI=1S/C25H23BrN2O3/c1-14-3-6-18(15(2)9-14)25-27-20(16-4-8-23-24(10-16)31-13-30-23)12-21(28-25)19-11-17(26)5-7-22(19)29/h3-11,21,25,28-29H,12-13H2,1-2H3. The highest BCUT2D eigenvalue weighted by atomic mass is 79.9. The Balaban J connectivity index is 1.59. The zero-order valence-corrected chi connectivity index (χ0v) is 18.9. The zero-order chi connectivity index (χ0) is 21.5. The van der Waals surface area contributed by atoms with Gasteiger partial charge in [-0.3, -0.25) is 10.3 Å². The summed E-state index contributed by atoms with van der Waals surface area (Å²) in [6.45, 7) is 4.45. The second-order valence-electron chi connectivity index (χ2n) is 8.03. The van der Waals surface area contributed by atoms with Crippen LogP contribution in [0.1, 0.15) is 46.4 Å². The topological polar surface area (TPSA) is 63.1 Å². The maximum atomic E-state index is 10.6. The molecule has 158 valence electrons. The number of hydrogen-bond acceptors (Lipinski definition) is 5. The molecule has 6 heteroatoms. The first-order valence-electron chi connectivity index (χ1n) is 10.3. The maximum Gasteiger partial charge on any atom is 0.231 e. The lowest BCUT2D eigenvalue weighted by Crippen LogP contribution is -2.33. The smallest absolute Gasteiger partial charge is 0.231 e. The maximum absolute atomic E-state index is 10.6. The Bertz CT molecular complexity index is 1190. The Labute approximate surface area is 189 Å². The number of aryl methyl sites for hydroxylation is 2. The Morgan fingerprint density at radius 3 is 2.65 bits per heavy atom. The summed E-state index contributed by atoms with van der Waals surface area (Å²) in [5.74, 6) is 1.76. The van der Waals surface area contributed by atoms with Crippen LogP contribution in [0.4, 0.5) is 0 Å². The first-order valence-corrected chi connectivity index (χ1v) is 11.1. The minimum atomic E-state index is -0.224. The van der Waals surface area contributed by atoms with E-state index < -0.39 is 0 Å². The molecule has 0 bridgehead atoms. The van der Waals surface area contributed by atoms with Gasteiger partial charge < -0.3 is 14.6 Å². The molecule has 0 spiro atoms. The summed E-state index contributed by atoms with van der Waals surface area (Å²) in [7, 11) is 0. The van der Waals surface area contributed by atoms with E-state index >= 15 is 0 Å². The minimum Gasteiger partial charge on any atom is -0.508 e. The lowest BCUT2D eigenvalue weighted by atomic mass is 9.92. The molecule has 0 aliphatic carbocycles. The number of benzene rings is 3. The van der Waals surface area contributed by atoms with Crippen LogP contribution >= 0.6 is 15.9 Å². The summed E-state index contributed by atoms with van der Waals surface area (Å²) in [5, 5.41) is 14.2. The van der Waals surface area contributed by atoms with Gasteiger partial charge in [-0.1, -0.05) is 39.7 Å². The van der Waals surface area contributed by atoms with Crippen molar-refractivity contribution < 1.29 is 14.6 Å². The lowest BCUT2D eigenvalue weighted by Gasteiger charge is -2.31. The molecule has 0 saturated heterocycles. The van der Waals surface area contributed by atoms with E-state index in [-0.39, 0.29) is 24.8 Å². The normalized spacial score (nSPS) is 19.9. The summed E-state index contributed by atoms with van der Waals surface area (Å²) < 4.78 is 12.0. The van der Waals surface area contributed by atoms with E-state index in [1.165, 1.54) is 11.1 Å². The van der Waals surface area contributed by atoms with Crippen LogP contribution in [0.15, 0.2) is 64.1 Å². The van der Waals surface area contributed by atoms with Crippen molar-refractivity contribution in [3.05, 3.63) is 86.9 Å². The minimum absolute atomic E-state index is 0.0962. The van der Waals surface area contributed by atoms with Crippen molar-refractivity contribution in [2.75, 3.05) is 6.79 Å². The van der Waals surface area contributed by atoms with E-state index in [2.05, 4.69) is 53.3 Å². The number of hydrogen-bond donors (Lipinski definition) is 2. The number of nitrogens with one attached hydrogen (secondary N) is 1. The van der Waals surface area contributed by atoms with Crippen molar-refractivity contribution >= 4 is 21.6 Å². The fourth-order valence-electron chi connectivity index (χ4n) is 4.25. The number of rotatable bonds is 3. The van der Waals surface area contributed by atoms with Gasteiger partial charge in [-0.15, -0.1) is 0 Å². The molecule has 3 aromatic carbocycles. The van der Waals surface area contributed by atoms with Crippen LogP contribution in [0.2, 0.25) is 0 Å². The number of aromatic hydroxyl groups is 1. The van der Waals surface area contributed by atoms with Gasteiger partial charge in [-0.05, 0) is 66.9 Å². The van der Waals surface area contributed by atoms with Crippen molar-refractivity contribution in [3.8, 4) is 17.2 Å². The molecule has 2 N–H and O–H groups in total. The third-order valence-corrected chi connectivity index (χ3v) is 6.33. The van der Waals surface area contributed by atoms with Crippen LogP contribution in [0.3, 0.4) is 0 Å². The van der Waals surface area contributed by atoms with Gasteiger partial charge in [-0.25, -0.2) is 0 Å². The van der Waals surface area contributed by atoms with E-state index in [0.29, 0.717) is 6.42 Å². The molecule has 2 atom stereocenters. The highest BCUT2D eigenvalue weighted by Gasteiger charge is 2.29. The fourth-order valence-corrected chi connectivity index (χ4v) is 4.63. The Morgan fingerprint density at radius 1 is 0.968 bits per heavy atom. The second kappa shape index (κ2) is 8.02. The molecule has 0 fully saturated rings. The van der Waals surface area contributed by atoms with Gasteiger partial charge in [-0.2, -0.15) is 0 Å². The Hall–Kier alpha value is -2.83. The van der Waals surface area contributed by atoms with Crippen LogP contribution in [0.25, 0.3) is 0 Å². The van der Waals surface area contributed by atoms with Gasteiger partial charge in [0.1, 0.15) is 11.9 Å². The van der Waals surface area contributed by atoms with Crippen LogP contribution < -0.4 is 14.8 Å². The predicted octanol–water partition coefficient (Wildman–Crippen LogP) is 5.72. The van der Waals surface area contributed by atoms with Gasteiger partial charge in [0.05, 0.1) is 0 Å². The molecule has 5 nitrogen and oxygen atoms in total. The first-order chi connectivity index (χ1) is 15.0. The summed E-state index contributed by atoms with van der Waals surface area (Å²) >= 11 is 3.54. The predicted molar refractivity (Wildman–Crippen MR) is 124 cm³/mol. The first kappa shape index (κ1) is 20.1. The van der Waals surface area contributed by atoms with Gasteiger partial charge in [0.25, 0.3) is 0 Å². The molecule has 2 aliphatic rings. The molecule has 3 aromatic rings. The van der Waals surface area contributed by atoms with Gasteiger partial charge in [0.2, 0.25) is 6.79 Å². The molecular formula is C25H23BrN2O3. The molecule has 0 radical (unpaired) electrons.